The van der Waals surface area contributed by atoms with Crippen molar-refractivity contribution in [1.82, 2.24) is 10.2 Å². The monoisotopic (exact) mass is 268 g/mol. The van der Waals surface area contributed by atoms with Crippen LogP contribution in [0, 0.1) is 16.7 Å². The van der Waals surface area contributed by atoms with E-state index < -0.39 is 0 Å². The van der Waals surface area contributed by atoms with Gasteiger partial charge >= 0.3 is 0 Å². The zero-order chi connectivity index (χ0) is 14.5. The second-order valence-electron chi connectivity index (χ2n) is 8.54. The predicted molar refractivity (Wildman–Crippen MR) is 85.6 cm³/mol. The highest BCUT2D eigenvalue weighted by atomic mass is 15.1. The minimum absolute atomic E-state index is 0.456. The summed E-state index contributed by atoms with van der Waals surface area (Å²) in [7, 11) is 0. The standard InChI is InChI=1S/C17H36N2/c1-16(2,3)9-10-18-11-14-19-12-7-15(8-13-19)17(4,5)6/h15,18H,7-14H2,1-6H3. The molecule has 0 aromatic heterocycles. The number of rotatable bonds is 5. The summed E-state index contributed by atoms with van der Waals surface area (Å²) in [6.07, 6.45) is 4.02. The van der Waals surface area contributed by atoms with Gasteiger partial charge in [0.05, 0.1) is 0 Å². The van der Waals surface area contributed by atoms with Crippen LogP contribution in [-0.2, 0) is 0 Å². The molecule has 1 aliphatic heterocycles. The molecule has 1 fully saturated rings. The van der Waals surface area contributed by atoms with Crippen LogP contribution in [0.4, 0.5) is 0 Å². The van der Waals surface area contributed by atoms with Gasteiger partial charge in [-0.3, -0.25) is 0 Å². The first-order valence-electron chi connectivity index (χ1n) is 8.11. The summed E-state index contributed by atoms with van der Waals surface area (Å²) >= 11 is 0. The molecule has 0 atom stereocenters. The Kier molecular flexibility index (Phi) is 6.32. The van der Waals surface area contributed by atoms with E-state index in [4.69, 9.17) is 0 Å². The van der Waals surface area contributed by atoms with Crippen molar-refractivity contribution in [1.29, 1.82) is 0 Å². The quantitative estimate of drug-likeness (QED) is 0.764. The second-order valence-corrected chi connectivity index (χ2v) is 8.54. The van der Waals surface area contributed by atoms with Crippen molar-refractivity contribution >= 4 is 0 Å². The highest BCUT2D eigenvalue weighted by Crippen LogP contribution is 2.33. The molecule has 0 aliphatic carbocycles. The number of hydrogen-bond acceptors (Lipinski definition) is 2. The first-order valence-corrected chi connectivity index (χ1v) is 8.11. The highest BCUT2D eigenvalue weighted by Gasteiger charge is 2.28. The Morgan fingerprint density at radius 2 is 1.53 bits per heavy atom. The summed E-state index contributed by atoms with van der Waals surface area (Å²) < 4.78 is 0. The van der Waals surface area contributed by atoms with Gasteiger partial charge < -0.3 is 10.2 Å². The lowest BCUT2D eigenvalue weighted by Gasteiger charge is -2.38. The summed E-state index contributed by atoms with van der Waals surface area (Å²) in [5, 5.41) is 3.59. The van der Waals surface area contributed by atoms with E-state index >= 15 is 0 Å². The van der Waals surface area contributed by atoms with E-state index in [1.807, 2.05) is 0 Å². The molecule has 0 radical (unpaired) electrons. The van der Waals surface area contributed by atoms with Crippen LogP contribution in [0.2, 0.25) is 0 Å². The van der Waals surface area contributed by atoms with Crippen LogP contribution in [0.15, 0.2) is 0 Å². The van der Waals surface area contributed by atoms with Crippen LogP contribution in [-0.4, -0.2) is 37.6 Å². The number of nitrogens with one attached hydrogen (secondary N) is 1. The zero-order valence-corrected chi connectivity index (χ0v) is 14.2. The molecule has 0 unspecified atom stereocenters. The summed E-state index contributed by atoms with van der Waals surface area (Å²) in [5.74, 6) is 0.914. The lowest BCUT2D eigenvalue weighted by Crippen LogP contribution is -2.41. The van der Waals surface area contributed by atoms with Crippen LogP contribution < -0.4 is 5.32 Å². The molecule has 0 aromatic rings. The molecule has 1 saturated heterocycles. The van der Waals surface area contributed by atoms with E-state index in [2.05, 4.69) is 51.8 Å². The topological polar surface area (TPSA) is 15.3 Å². The molecular formula is C17H36N2. The molecule has 19 heavy (non-hydrogen) atoms. The smallest absolute Gasteiger partial charge is 0.0107 e. The van der Waals surface area contributed by atoms with E-state index in [9.17, 15) is 0 Å². The molecule has 1 heterocycles. The summed E-state index contributed by atoms with van der Waals surface area (Å²) in [6, 6.07) is 0. The van der Waals surface area contributed by atoms with Gasteiger partial charge in [-0.1, -0.05) is 41.5 Å². The van der Waals surface area contributed by atoms with Crippen molar-refractivity contribution in [3.05, 3.63) is 0 Å². The van der Waals surface area contributed by atoms with E-state index in [0.717, 1.165) is 19.0 Å². The maximum absolute atomic E-state index is 3.59. The van der Waals surface area contributed by atoms with Crippen molar-refractivity contribution < 1.29 is 0 Å². The summed E-state index contributed by atoms with van der Waals surface area (Å²) in [4.78, 5) is 2.63. The first kappa shape index (κ1) is 17.0. The SMILES string of the molecule is CC(C)(C)CCNCCN1CCC(C(C)(C)C)CC1. The fourth-order valence-electron chi connectivity index (χ4n) is 2.85. The Labute approximate surface area is 121 Å². The van der Waals surface area contributed by atoms with Gasteiger partial charge in [0, 0.05) is 13.1 Å². The van der Waals surface area contributed by atoms with Gasteiger partial charge in [0.2, 0.25) is 0 Å². The largest absolute Gasteiger partial charge is 0.315 e. The molecule has 1 aliphatic rings. The zero-order valence-electron chi connectivity index (χ0n) is 14.2. The fraction of sp³-hybridized carbons (Fsp3) is 1.00. The third-order valence-electron chi connectivity index (χ3n) is 4.47. The van der Waals surface area contributed by atoms with Gasteiger partial charge in [-0.25, -0.2) is 0 Å². The third-order valence-corrected chi connectivity index (χ3v) is 4.47. The van der Waals surface area contributed by atoms with E-state index in [1.54, 1.807) is 0 Å². The predicted octanol–water partition coefficient (Wildman–Crippen LogP) is 3.77. The summed E-state index contributed by atoms with van der Waals surface area (Å²) in [5.41, 5.74) is 0.953. The normalized spacial score (nSPS) is 19.9. The lowest BCUT2D eigenvalue weighted by atomic mass is 9.75. The third kappa shape index (κ3) is 7.31. The average molecular weight is 268 g/mol. The molecule has 2 nitrogen and oxygen atoms in total. The van der Waals surface area contributed by atoms with Gasteiger partial charge in [0.1, 0.15) is 0 Å². The van der Waals surface area contributed by atoms with Crippen LogP contribution in [0.3, 0.4) is 0 Å². The van der Waals surface area contributed by atoms with Gasteiger partial charge in [-0.15, -0.1) is 0 Å². The maximum Gasteiger partial charge on any atom is 0.0107 e. The number of likely N-dealkylation sites (tertiary alicyclic amines) is 1. The van der Waals surface area contributed by atoms with Gasteiger partial charge in [-0.05, 0) is 55.6 Å². The molecule has 0 amide bonds. The van der Waals surface area contributed by atoms with Gasteiger partial charge in [0.25, 0.3) is 0 Å². The van der Waals surface area contributed by atoms with Crippen LogP contribution in [0.5, 0.6) is 0 Å². The molecule has 2 heteroatoms. The molecule has 1 N–H and O–H groups in total. The minimum atomic E-state index is 0.456. The number of piperidine rings is 1. The van der Waals surface area contributed by atoms with E-state index in [0.29, 0.717) is 10.8 Å². The molecule has 0 bridgehead atoms. The Balaban J connectivity index is 2.07. The van der Waals surface area contributed by atoms with Gasteiger partial charge in [0.15, 0.2) is 0 Å². The number of nitrogens with zero attached hydrogens (tertiary/aromatic N) is 1. The molecule has 0 spiro atoms. The molecule has 1 rings (SSSR count). The van der Waals surface area contributed by atoms with Crippen molar-refractivity contribution in [2.24, 2.45) is 16.7 Å². The summed E-state index contributed by atoms with van der Waals surface area (Å²) in [6.45, 7) is 20.2. The molecule has 0 aromatic carbocycles. The Morgan fingerprint density at radius 3 is 2.00 bits per heavy atom. The lowest BCUT2D eigenvalue weighted by molar-refractivity contribution is 0.113. The minimum Gasteiger partial charge on any atom is -0.315 e. The second kappa shape index (κ2) is 7.08. The van der Waals surface area contributed by atoms with Crippen molar-refractivity contribution in [2.75, 3.05) is 32.7 Å². The van der Waals surface area contributed by atoms with Crippen LogP contribution >= 0.6 is 0 Å². The Hall–Kier alpha value is -0.0800. The van der Waals surface area contributed by atoms with E-state index in [1.165, 1.54) is 38.9 Å². The van der Waals surface area contributed by atoms with Crippen LogP contribution in [0.25, 0.3) is 0 Å². The van der Waals surface area contributed by atoms with E-state index in [-0.39, 0.29) is 0 Å². The van der Waals surface area contributed by atoms with Crippen LogP contribution in [0.1, 0.15) is 60.8 Å². The Morgan fingerprint density at radius 1 is 0.947 bits per heavy atom. The maximum atomic E-state index is 3.59. The Bertz CT molecular complexity index is 239. The number of hydrogen-bond donors (Lipinski definition) is 1. The molecule has 114 valence electrons. The van der Waals surface area contributed by atoms with Crippen molar-refractivity contribution in [3.8, 4) is 0 Å². The average Bonchev–Trinajstić information content (AvgIpc) is 2.26. The molecule has 0 saturated carbocycles. The van der Waals surface area contributed by atoms with Crippen molar-refractivity contribution in [2.45, 2.75) is 60.8 Å². The molecular weight excluding hydrogens is 232 g/mol. The van der Waals surface area contributed by atoms with Gasteiger partial charge in [-0.2, -0.15) is 0 Å². The van der Waals surface area contributed by atoms with Crippen molar-refractivity contribution in [3.63, 3.8) is 0 Å². The highest BCUT2D eigenvalue weighted by molar-refractivity contribution is 4.80. The fourth-order valence-corrected chi connectivity index (χ4v) is 2.85. The first-order chi connectivity index (χ1) is 8.68.